The lowest BCUT2D eigenvalue weighted by Gasteiger charge is -2.24. The zero-order chi connectivity index (χ0) is 26.4. The highest BCUT2D eigenvalue weighted by molar-refractivity contribution is 9.10. The molecule has 2 aliphatic rings. The first-order valence-electron chi connectivity index (χ1n) is 11.0. The van der Waals surface area contributed by atoms with Crippen molar-refractivity contribution in [2.45, 2.75) is 19.9 Å². The van der Waals surface area contributed by atoms with Crippen LogP contribution in [0.5, 0.6) is 17.2 Å². The van der Waals surface area contributed by atoms with Crippen LogP contribution in [0.1, 0.15) is 31.0 Å². The first-order chi connectivity index (χ1) is 17.7. The molecule has 0 fully saturated rings. The van der Waals surface area contributed by atoms with Crippen molar-refractivity contribution in [1.82, 2.24) is 4.57 Å². The fourth-order valence-electron chi connectivity index (χ4n) is 4.19. The van der Waals surface area contributed by atoms with Gasteiger partial charge >= 0.3 is 11.7 Å². The van der Waals surface area contributed by atoms with Crippen LogP contribution < -0.4 is 24.4 Å². The molecule has 11 nitrogen and oxygen atoms in total. The van der Waals surface area contributed by atoms with Crippen LogP contribution >= 0.6 is 27.3 Å². The standard InChI is InChI=1S/C24H18BrN3O8S/c1-3-34-23(31)19-11(2)26-24-27(20(19)12-4-5-16-17(7-12)36-10-35-16)22(30)18(37-24)8-13-6-14(25)9-15(21(13)29)28(32)33/h4-9,20,29H,3,10H2,1-2H3/b18-8-/t20-/m1/s1. The number of aromatic nitrogens is 1. The number of allylic oxidation sites excluding steroid dienone is 1. The molecule has 0 bridgehead atoms. The van der Waals surface area contributed by atoms with Crippen molar-refractivity contribution in [3.63, 3.8) is 0 Å². The number of carbonyl (C=O) groups excluding carboxylic acids is 1. The fraction of sp³-hybridized carbons (Fsp3) is 0.208. The average Bonchev–Trinajstić information content (AvgIpc) is 3.44. The first kappa shape index (κ1) is 24.7. The topological polar surface area (TPSA) is 142 Å². The zero-order valence-electron chi connectivity index (χ0n) is 19.4. The SMILES string of the molecule is CCOC(=O)C1=C(C)N=c2s/c(=C\c3cc(Br)cc([N+](=O)[O-])c3O)c(=O)n2[C@@H]1c1ccc2c(c1)OCO2. The van der Waals surface area contributed by atoms with Crippen molar-refractivity contribution < 1.29 is 29.0 Å². The minimum Gasteiger partial charge on any atom is -0.502 e. The largest absolute Gasteiger partial charge is 0.502 e. The van der Waals surface area contributed by atoms with Crippen LogP contribution in [0.3, 0.4) is 0 Å². The number of phenols is 1. The first-order valence-corrected chi connectivity index (χ1v) is 12.6. The number of nitrogens with zero attached hydrogens (tertiary/aromatic N) is 3. The number of ether oxygens (including phenoxy) is 3. The second-order valence-corrected chi connectivity index (χ2v) is 9.96. The van der Waals surface area contributed by atoms with Gasteiger partial charge in [-0.15, -0.1) is 0 Å². The highest BCUT2D eigenvalue weighted by atomic mass is 79.9. The van der Waals surface area contributed by atoms with Gasteiger partial charge in [0.2, 0.25) is 12.5 Å². The van der Waals surface area contributed by atoms with Crippen molar-refractivity contribution in [3.05, 3.63) is 87.0 Å². The Hall–Kier alpha value is -3.97. The predicted molar refractivity (Wildman–Crippen MR) is 135 cm³/mol. The van der Waals surface area contributed by atoms with E-state index in [2.05, 4.69) is 20.9 Å². The normalized spacial score (nSPS) is 16.4. The van der Waals surface area contributed by atoms with Crippen molar-refractivity contribution in [1.29, 1.82) is 0 Å². The van der Waals surface area contributed by atoms with Gasteiger partial charge in [-0.3, -0.25) is 19.5 Å². The molecular weight excluding hydrogens is 570 g/mol. The lowest BCUT2D eigenvalue weighted by molar-refractivity contribution is -0.385. The van der Waals surface area contributed by atoms with Crippen LogP contribution in [-0.4, -0.2) is 34.0 Å². The van der Waals surface area contributed by atoms with Crippen LogP contribution in [0, 0.1) is 10.1 Å². The molecule has 190 valence electrons. The summed E-state index contributed by atoms with van der Waals surface area (Å²) in [5, 5.41) is 21.8. The highest BCUT2D eigenvalue weighted by Gasteiger charge is 2.34. The summed E-state index contributed by atoms with van der Waals surface area (Å²) < 4.78 is 18.1. The summed E-state index contributed by atoms with van der Waals surface area (Å²) in [6.45, 7) is 3.54. The molecule has 3 aromatic rings. The molecule has 0 saturated heterocycles. The van der Waals surface area contributed by atoms with Crippen molar-refractivity contribution in [2.75, 3.05) is 13.4 Å². The van der Waals surface area contributed by atoms with E-state index in [4.69, 9.17) is 14.2 Å². The minimum atomic E-state index is -0.877. The molecule has 2 aromatic carbocycles. The molecule has 0 amide bonds. The summed E-state index contributed by atoms with van der Waals surface area (Å²) in [6.07, 6.45) is 1.36. The highest BCUT2D eigenvalue weighted by Crippen LogP contribution is 2.38. The summed E-state index contributed by atoms with van der Waals surface area (Å²) in [5.74, 6) is -0.166. The Morgan fingerprint density at radius 2 is 2.11 bits per heavy atom. The van der Waals surface area contributed by atoms with E-state index in [-0.39, 0.29) is 29.1 Å². The van der Waals surface area contributed by atoms with Gasteiger partial charge in [-0.25, -0.2) is 9.79 Å². The van der Waals surface area contributed by atoms with Crippen LogP contribution in [0.4, 0.5) is 5.69 Å². The second-order valence-electron chi connectivity index (χ2n) is 8.03. The van der Waals surface area contributed by atoms with Gasteiger partial charge in [0.25, 0.3) is 5.56 Å². The van der Waals surface area contributed by atoms with Crippen molar-refractivity contribution in [3.8, 4) is 17.2 Å². The number of phenolic OH excluding ortho intramolecular Hbond substituents is 1. The van der Waals surface area contributed by atoms with E-state index in [1.807, 2.05) is 0 Å². The lowest BCUT2D eigenvalue weighted by Crippen LogP contribution is -2.39. The van der Waals surface area contributed by atoms with Crippen LogP contribution in [0.25, 0.3) is 6.08 Å². The van der Waals surface area contributed by atoms with Crippen LogP contribution in [0.2, 0.25) is 0 Å². The van der Waals surface area contributed by atoms with E-state index in [1.54, 1.807) is 32.0 Å². The summed E-state index contributed by atoms with van der Waals surface area (Å²) in [4.78, 5) is 42.1. The molecule has 0 saturated carbocycles. The number of thiazole rings is 1. The van der Waals surface area contributed by atoms with Gasteiger partial charge < -0.3 is 19.3 Å². The fourth-order valence-corrected chi connectivity index (χ4v) is 5.69. The number of nitro benzene ring substituents is 1. The van der Waals surface area contributed by atoms with Gasteiger partial charge in [0.15, 0.2) is 16.3 Å². The summed E-state index contributed by atoms with van der Waals surface area (Å²) in [5.41, 5.74) is 0.229. The number of benzene rings is 2. The molecule has 13 heteroatoms. The second kappa shape index (κ2) is 9.48. The molecule has 1 atom stereocenters. The van der Waals surface area contributed by atoms with Gasteiger partial charge in [0.05, 0.1) is 33.4 Å². The van der Waals surface area contributed by atoms with Crippen LogP contribution in [-0.2, 0) is 9.53 Å². The number of esters is 1. The number of hydrogen-bond donors (Lipinski definition) is 1. The molecule has 5 rings (SSSR count). The molecule has 0 unspecified atom stereocenters. The number of carbonyl (C=O) groups is 1. The van der Waals surface area contributed by atoms with E-state index in [9.17, 15) is 24.8 Å². The maximum absolute atomic E-state index is 13.7. The van der Waals surface area contributed by atoms with E-state index < -0.39 is 33.9 Å². The Balaban J connectivity index is 1.74. The third-order valence-corrected chi connectivity index (χ3v) is 7.24. The third-order valence-electron chi connectivity index (χ3n) is 5.80. The molecule has 2 aliphatic heterocycles. The molecular formula is C24H18BrN3O8S. The number of hydrogen-bond acceptors (Lipinski definition) is 10. The van der Waals surface area contributed by atoms with Gasteiger partial charge in [-0.1, -0.05) is 33.3 Å². The van der Waals surface area contributed by atoms with Crippen molar-refractivity contribution >= 4 is 45.0 Å². The number of nitro groups is 1. The van der Waals surface area contributed by atoms with Crippen molar-refractivity contribution in [2.24, 2.45) is 4.99 Å². The number of rotatable bonds is 5. The molecule has 1 N–H and O–H groups in total. The summed E-state index contributed by atoms with van der Waals surface area (Å²) >= 11 is 4.23. The number of fused-ring (bicyclic) bond motifs is 2. The van der Waals surface area contributed by atoms with E-state index in [1.165, 1.54) is 22.8 Å². The number of aromatic hydroxyl groups is 1. The Morgan fingerprint density at radius 3 is 2.84 bits per heavy atom. The molecule has 1 aromatic heterocycles. The Morgan fingerprint density at radius 1 is 1.35 bits per heavy atom. The molecule has 37 heavy (non-hydrogen) atoms. The van der Waals surface area contributed by atoms with Gasteiger partial charge in [-0.2, -0.15) is 0 Å². The smallest absolute Gasteiger partial charge is 0.338 e. The monoisotopic (exact) mass is 587 g/mol. The zero-order valence-corrected chi connectivity index (χ0v) is 21.8. The molecule has 0 radical (unpaired) electrons. The molecule has 0 aliphatic carbocycles. The van der Waals surface area contributed by atoms with Crippen LogP contribution in [0.15, 0.2) is 55.9 Å². The summed E-state index contributed by atoms with van der Waals surface area (Å²) in [6, 6.07) is 6.89. The Kier molecular flexibility index (Phi) is 6.33. The maximum atomic E-state index is 13.7. The minimum absolute atomic E-state index is 0.0589. The lowest BCUT2D eigenvalue weighted by atomic mass is 9.95. The van der Waals surface area contributed by atoms with E-state index >= 15 is 0 Å². The van der Waals surface area contributed by atoms with Gasteiger partial charge in [0, 0.05) is 16.1 Å². The Labute approximate surface area is 220 Å². The summed E-state index contributed by atoms with van der Waals surface area (Å²) in [7, 11) is 0. The predicted octanol–water partition coefficient (Wildman–Crippen LogP) is 2.90. The quantitative estimate of drug-likeness (QED) is 0.273. The molecule has 3 heterocycles. The average molecular weight is 588 g/mol. The Bertz CT molecular complexity index is 1690. The van der Waals surface area contributed by atoms with E-state index in [0.717, 1.165) is 11.3 Å². The maximum Gasteiger partial charge on any atom is 0.338 e. The van der Waals surface area contributed by atoms with Gasteiger partial charge in [0.1, 0.15) is 0 Å². The van der Waals surface area contributed by atoms with Gasteiger partial charge in [-0.05, 0) is 43.7 Å². The number of halogens is 1. The third kappa shape index (κ3) is 4.29. The van der Waals surface area contributed by atoms with E-state index in [0.29, 0.717) is 32.0 Å². The molecule has 0 spiro atoms.